The van der Waals surface area contributed by atoms with Crippen LogP contribution in [0.1, 0.15) is 23.6 Å². The maximum absolute atomic E-state index is 5.63. The molecule has 0 saturated carbocycles. The van der Waals surface area contributed by atoms with Crippen LogP contribution in [0.3, 0.4) is 0 Å². The number of hydrogen-bond donors (Lipinski definition) is 1. The van der Waals surface area contributed by atoms with Gasteiger partial charge in [0.05, 0.1) is 0 Å². The summed E-state index contributed by atoms with van der Waals surface area (Å²) in [5.41, 5.74) is 12.1. The Kier molecular flexibility index (Phi) is 4.80. The van der Waals surface area contributed by atoms with Crippen LogP contribution in [0.15, 0.2) is 42.5 Å². The summed E-state index contributed by atoms with van der Waals surface area (Å²) in [4.78, 5) is 2.35. The fourth-order valence-corrected chi connectivity index (χ4v) is 2.56. The summed E-state index contributed by atoms with van der Waals surface area (Å²) in [6.07, 6.45) is 0.942. The largest absolute Gasteiger partial charge is 0.342 e. The molecular weight excluding hydrogens is 244 g/mol. The molecular formula is C18H24N2. The van der Waals surface area contributed by atoms with Crippen molar-refractivity contribution in [3.05, 3.63) is 59.2 Å². The van der Waals surface area contributed by atoms with Crippen molar-refractivity contribution in [3.63, 3.8) is 0 Å². The van der Waals surface area contributed by atoms with E-state index in [-0.39, 0.29) is 0 Å². The van der Waals surface area contributed by atoms with Gasteiger partial charge in [-0.2, -0.15) is 0 Å². The van der Waals surface area contributed by atoms with Gasteiger partial charge in [0.1, 0.15) is 0 Å². The summed E-state index contributed by atoms with van der Waals surface area (Å²) in [7, 11) is 0. The van der Waals surface area contributed by atoms with Gasteiger partial charge < -0.3 is 10.6 Å². The van der Waals surface area contributed by atoms with E-state index in [2.05, 4.69) is 68.1 Å². The van der Waals surface area contributed by atoms with Crippen LogP contribution >= 0.6 is 0 Å². The Morgan fingerprint density at radius 3 is 2.25 bits per heavy atom. The minimum Gasteiger partial charge on any atom is -0.342 e. The van der Waals surface area contributed by atoms with E-state index in [0.717, 1.165) is 13.0 Å². The van der Waals surface area contributed by atoms with E-state index in [1.165, 1.54) is 28.1 Å². The van der Waals surface area contributed by atoms with Gasteiger partial charge in [-0.15, -0.1) is 0 Å². The summed E-state index contributed by atoms with van der Waals surface area (Å²) >= 11 is 0. The molecule has 0 radical (unpaired) electrons. The molecule has 0 aromatic heterocycles. The van der Waals surface area contributed by atoms with Gasteiger partial charge in [-0.05, 0) is 63.1 Å². The number of benzene rings is 2. The van der Waals surface area contributed by atoms with Crippen molar-refractivity contribution < 1.29 is 0 Å². The Hall–Kier alpha value is -1.80. The predicted molar refractivity (Wildman–Crippen MR) is 87.8 cm³/mol. The fraction of sp³-hybridized carbons (Fsp3) is 0.333. The smallest absolute Gasteiger partial charge is 0.0440 e. The fourth-order valence-electron chi connectivity index (χ4n) is 2.56. The van der Waals surface area contributed by atoms with Crippen molar-refractivity contribution in [3.8, 4) is 0 Å². The first-order valence-corrected chi connectivity index (χ1v) is 7.29. The molecule has 2 aromatic carbocycles. The van der Waals surface area contributed by atoms with Crippen LogP contribution in [-0.2, 0) is 6.42 Å². The quantitative estimate of drug-likeness (QED) is 0.889. The number of anilines is 2. The first-order valence-electron chi connectivity index (χ1n) is 7.29. The molecule has 106 valence electrons. The number of rotatable bonds is 5. The SMILES string of the molecule is CCN(c1ccc(C)cc1)c1ccc(CCN)cc1C. The molecule has 0 heterocycles. The Morgan fingerprint density at radius 1 is 1.00 bits per heavy atom. The van der Waals surface area contributed by atoms with Gasteiger partial charge in [-0.25, -0.2) is 0 Å². The third kappa shape index (κ3) is 3.20. The van der Waals surface area contributed by atoms with Crippen LogP contribution in [0.5, 0.6) is 0 Å². The predicted octanol–water partition coefficient (Wildman–Crippen LogP) is 3.96. The Balaban J connectivity index is 2.34. The van der Waals surface area contributed by atoms with E-state index in [0.29, 0.717) is 6.54 Å². The Labute approximate surface area is 122 Å². The summed E-state index contributed by atoms with van der Waals surface area (Å²) in [5, 5.41) is 0. The Morgan fingerprint density at radius 2 is 1.70 bits per heavy atom. The zero-order chi connectivity index (χ0) is 14.5. The molecule has 0 amide bonds. The van der Waals surface area contributed by atoms with E-state index >= 15 is 0 Å². The highest BCUT2D eigenvalue weighted by atomic mass is 15.1. The van der Waals surface area contributed by atoms with Gasteiger partial charge >= 0.3 is 0 Å². The lowest BCUT2D eigenvalue weighted by Crippen LogP contribution is -2.17. The van der Waals surface area contributed by atoms with Crippen LogP contribution in [0.4, 0.5) is 11.4 Å². The maximum atomic E-state index is 5.63. The number of nitrogens with two attached hydrogens (primary N) is 1. The number of aryl methyl sites for hydroxylation is 2. The third-order valence-electron chi connectivity index (χ3n) is 3.65. The molecule has 20 heavy (non-hydrogen) atoms. The molecule has 2 nitrogen and oxygen atoms in total. The molecule has 0 aliphatic carbocycles. The first-order chi connectivity index (χ1) is 9.65. The molecule has 2 N–H and O–H groups in total. The molecule has 0 aliphatic heterocycles. The molecule has 2 rings (SSSR count). The highest BCUT2D eigenvalue weighted by Crippen LogP contribution is 2.29. The normalized spacial score (nSPS) is 10.6. The van der Waals surface area contributed by atoms with Crippen molar-refractivity contribution in [2.75, 3.05) is 18.0 Å². The summed E-state index contributed by atoms with van der Waals surface area (Å²) in [6.45, 7) is 8.14. The van der Waals surface area contributed by atoms with Crippen LogP contribution in [0, 0.1) is 13.8 Å². The van der Waals surface area contributed by atoms with Gasteiger partial charge in [-0.3, -0.25) is 0 Å². The van der Waals surface area contributed by atoms with Gasteiger partial charge in [-0.1, -0.05) is 29.8 Å². The molecule has 0 spiro atoms. The molecule has 0 aliphatic rings. The average Bonchev–Trinajstić information content (AvgIpc) is 2.44. The van der Waals surface area contributed by atoms with Gasteiger partial charge in [0.2, 0.25) is 0 Å². The lowest BCUT2D eigenvalue weighted by atomic mass is 10.1. The van der Waals surface area contributed by atoms with Crippen molar-refractivity contribution in [1.29, 1.82) is 0 Å². The monoisotopic (exact) mass is 268 g/mol. The standard InChI is InChI=1S/C18H24N2/c1-4-20(17-8-5-14(2)6-9-17)18-10-7-16(11-12-19)13-15(18)3/h5-10,13H,4,11-12,19H2,1-3H3. The molecule has 0 atom stereocenters. The Bertz CT molecular complexity index is 558. The molecule has 2 heteroatoms. The summed E-state index contributed by atoms with van der Waals surface area (Å²) < 4.78 is 0. The highest BCUT2D eigenvalue weighted by Gasteiger charge is 2.10. The lowest BCUT2D eigenvalue weighted by molar-refractivity contribution is 0.961. The van der Waals surface area contributed by atoms with Crippen molar-refractivity contribution in [2.45, 2.75) is 27.2 Å². The van der Waals surface area contributed by atoms with Gasteiger partial charge in [0.15, 0.2) is 0 Å². The van der Waals surface area contributed by atoms with Crippen LogP contribution in [-0.4, -0.2) is 13.1 Å². The third-order valence-corrected chi connectivity index (χ3v) is 3.65. The van der Waals surface area contributed by atoms with E-state index < -0.39 is 0 Å². The number of nitrogens with zero attached hydrogens (tertiary/aromatic N) is 1. The number of hydrogen-bond acceptors (Lipinski definition) is 2. The lowest BCUT2D eigenvalue weighted by Gasteiger charge is -2.25. The van der Waals surface area contributed by atoms with Crippen LogP contribution in [0.2, 0.25) is 0 Å². The second-order valence-electron chi connectivity index (χ2n) is 5.24. The molecule has 0 fully saturated rings. The van der Waals surface area contributed by atoms with E-state index in [1.54, 1.807) is 0 Å². The second kappa shape index (κ2) is 6.58. The van der Waals surface area contributed by atoms with Crippen molar-refractivity contribution in [2.24, 2.45) is 5.73 Å². The zero-order valence-corrected chi connectivity index (χ0v) is 12.7. The van der Waals surface area contributed by atoms with Crippen molar-refractivity contribution >= 4 is 11.4 Å². The van der Waals surface area contributed by atoms with E-state index in [1.807, 2.05) is 0 Å². The second-order valence-corrected chi connectivity index (χ2v) is 5.24. The van der Waals surface area contributed by atoms with E-state index in [9.17, 15) is 0 Å². The molecule has 0 bridgehead atoms. The zero-order valence-electron chi connectivity index (χ0n) is 12.7. The molecule has 2 aromatic rings. The van der Waals surface area contributed by atoms with Gasteiger partial charge in [0.25, 0.3) is 0 Å². The summed E-state index contributed by atoms with van der Waals surface area (Å²) in [6, 6.07) is 15.3. The first kappa shape index (κ1) is 14.6. The maximum Gasteiger partial charge on any atom is 0.0440 e. The minimum absolute atomic E-state index is 0.703. The summed E-state index contributed by atoms with van der Waals surface area (Å²) in [5.74, 6) is 0. The minimum atomic E-state index is 0.703. The van der Waals surface area contributed by atoms with Crippen LogP contribution < -0.4 is 10.6 Å². The topological polar surface area (TPSA) is 29.3 Å². The van der Waals surface area contributed by atoms with Crippen molar-refractivity contribution in [1.82, 2.24) is 0 Å². The van der Waals surface area contributed by atoms with Crippen LogP contribution in [0.25, 0.3) is 0 Å². The van der Waals surface area contributed by atoms with Gasteiger partial charge in [0, 0.05) is 17.9 Å². The molecule has 0 unspecified atom stereocenters. The average molecular weight is 268 g/mol. The highest BCUT2D eigenvalue weighted by molar-refractivity contribution is 5.66. The molecule has 0 saturated heterocycles. The van der Waals surface area contributed by atoms with E-state index in [4.69, 9.17) is 5.73 Å².